The van der Waals surface area contributed by atoms with Gasteiger partial charge in [0, 0.05) is 23.0 Å². The number of hydrogen-bond acceptors (Lipinski definition) is 4. The largest absolute Gasteiger partial charge is 0.343 e. The summed E-state index contributed by atoms with van der Waals surface area (Å²) in [5, 5.41) is 1.63. The van der Waals surface area contributed by atoms with Crippen LogP contribution >= 0.6 is 22.9 Å². The van der Waals surface area contributed by atoms with E-state index in [4.69, 9.17) is 11.6 Å². The maximum atomic E-state index is 11.1. The van der Waals surface area contributed by atoms with Gasteiger partial charge in [-0.2, -0.15) is 0 Å². The summed E-state index contributed by atoms with van der Waals surface area (Å²) < 4.78 is 0. The van der Waals surface area contributed by atoms with Crippen LogP contribution in [0.3, 0.4) is 0 Å². The number of halogens is 1. The van der Waals surface area contributed by atoms with E-state index in [0.29, 0.717) is 5.69 Å². The van der Waals surface area contributed by atoms with Gasteiger partial charge in [0.1, 0.15) is 5.69 Å². The number of carbonyl (C=O) groups excluding carboxylic acids is 1. The van der Waals surface area contributed by atoms with Gasteiger partial charge in [0.25, 0.3) is 0 Å². The van der Waals surface area contributed by atoms with Gasteiger partial charge >= 0.3 is 0 Å². The number of rotatable bonds is 7. The van der Waals surface area contributed by atoms with Crippen molar-refractivity contribution >= 4 is 34.4 Å². The molecule has 0 N–H and O–H groups in total. The highest BCUT2D eigenvalue weighted by molar-refractivity contribution is 7.15. The fraction of sp³-hybridized carbons (Fsp3) is 0.200. The molecule has 3 nitrogen and oxygen atoms in total. The van der Waals surface area contributed by atoms with Gasteiger partial charge in [-0.1, -0.05) is 54.1 Å². The fourth-order valence-corrected chi connectivity index (χ4v) is 3.76. The molecule has 1 heterocycles. The Bertz CT molecular complexity index is 848. The Morgan fingerprint density at radius 1 is 1.12 bits per heavy atom. The summed E-state index contributed by atoms with van der Waals surface area (Å²) in [6, 6.07) is 18.2. The molecule has 128 valence electrons. The quantitative estimate of drug-likeness (QED) is 0.538. The highest BCUT2D eigenvalue weighted by Crippen LogP contribution is 2.26. The Morgan fingerprint density at radius 3 is 2.56 bits per heavy atom. The molecule has 25 heavy (non-hydrogen) atoms. The van der Waals surface area contributed by atoms with Crippen molar-refractivity contribution in [1.29, 1.82) is 0 Å². The minimum atomic E-state index is 0.529. The van der Waals surface area contributed by atoms with Crippen LogP contribution in [0.2, 0.25) is 5.02 Å². The molecule has 0 saturated carbocycles. The molecule has 0 saturated heterocycles. The number of thiazole rings is 1. The van der Waals surface area contributed by atoms with Crippen LogP contribution in [0.25, 0.3) is 0 Å². The molecule has 0 atom stereocenters. The van der Waals surface area contributed by atoms with Crippen molar-refractivity contribution in [3.8, 4) is 0 Å². The third-order valence-corrected chi connectivity index (χ3v) is 5.26. The van der Waals surface area contributed by atoms with E-state index < -0.39 is 0 Å². The van der Waals surface area contributed by atoms with Crippen LogP contribution in [0.5, 0.6) is 0 Å². The fourth-order valence-electron chi connectivity index (χ4n) is 2.64. The zero-order chi connectivity index (χ0) is 17.6. The number of aryl methyl sites for hydroxylation is 1. The lowest BCUT2D eigenvalue weighted by molar-refractivity contribution is 0.111. The van der Waals surface area contributed by atoms with Crippen LogP contribution in [-0.4, -0.2) is 17.8 Å². The van der Waals surface area contributed by atoms with Crippen molar-refractivity contribution < 1.29 is 4.79 Å². The summed E-state index contributed by atoms with van der Waals surface area (Å²) >= 11 is 7.65. The van der Waals surface area contributed by atoms with E-state index in [0.717, 1.165) is 40.8 Å². The van der Waals surface area contributed by atoms with Crippen molar-refractivity contribution in [1.82, 2.24) is 4.98 Å². The predicted octanol–water partition coefficient (Wildman–Crippen LogP) is 5.17. The average molecular weight is 371 g/mol. The first-order valence-corrected chi connectivity index (χ1v) is 9.31. The SMILES string of the molecule is Cc1sc(N(CCc2cccc(Cl)c2)Cc2ccccc2)nc1C=O. The van der Waals surface area contributed by atoms with Crippen LogP contribution in [0.15, 0.2) is 54.6 Å². The Kier molecular flexibility index (Phi) is 5.84. The van der Waals surface area contributed by atoms with Crippen molar-refractivity contribution in [3.05, 3.63) is 81.3 Å². The summed E-state index contributed by atoms with van der Waals surface area (Å²) in [5.41, 5.74) is 2.93. The number of carbonyl (C=O) groups is 1. The molecule has 0 unspecified atom stereocenters. The molecule has 3 aromatic rings. The normalized spacial score (nSPS) is 10.6. The molecular formula is C20H19ClN2OS. The standard InChI is InChI=1S/C20H19ClN2OS/c1-15-19(14-24)22-20(25-15)23(13-17-6-3-2-4-7-17)11-10-16-8-5-9-18(21)12-16/h2-9,12,14H,10-11,13H2,1H3. The first kappa shape index (κ1) is 17.6. The summed E-state index contributed by atoms with van der Waals surface area (Å²) in [6.07, 6.45) is 1.69. The van der Waals surface area contributed by atoms with Crippen molar-refractivity contribution in [3.63, 3.8) is 0 Å². The molecule has 0 amide bonds. The second-order valence-corrected chi connectivity index (χ2v) is 7.46. The van der Waals surface area contributed by atoms with Crippen LogP contribution in [-0.2, 0) is 13.0 Å². The van der Waals surface area contributed by atoms with Crippen LogP contribution < -0.4 is 4.90 Å². The zero-order valence-corrected chi connectivity index (χ0v) is 15.6. The van der Waals surface area contributed by atoms with E-state index in [-0.39, 0.29) is 0 Å². The van der Waals surface area contributed by atoms with Crippen LogP contribution in [0, 0.1) is 6.92 Å². The molecule has 0 bridgehead atoms. The Labute approximate surface area is 156 Å². The highest BCUT2D eigenvalue weighted by atomic mass is 35.5. The molecule has 2 aromatic carbocycles. The molecule has 0 aliphatic heterocycles. The minimum Gasteiger partial charge on any atom is -0.343 e. The van der Waals surface area contributed by atoms with Gasteiger partial charge in [-0.05, 0) is 36.6 Å². The zero-order valence-electron chi connectivity index (χ0n) is 14.0. The van der Waals surface area contributed by atoms with Gasteiger partial charge in [0.05, 0.1) is 0 Å². The lowest BCUT2D eigenvalue weighted by atomic mass is 10.1. The molecule has 0 fully saturated rings. The summed E-state index contributed by atoms with van der Waals surface area (Å²) in [6.45, 7) is 3.50. The monoisotopic (exact) mass is 370 g/mol. The molecule has 0 aliphatic carbocycles. The number of aromatic nitrogens is 1. The summed E-state index contributed by atoms with van der Waals surface area (Å²) in [5.74, 6) is 0. The molecule has 3 rings (SSSR count). The van der Waals surface area contributed by atoms with Gasteiger partial charge in [-0.15, -0.1) is 11.3 Å². The highest BCUT2D eigenvalue weighted by Gasteiger charge is 2.14. The Balaban J connectivity index is 1.81. The van der Waals surface area contributed by atoms with Gasteiger partial charge in [0.15, 0.2) is 11.4 Å². The smallest absolute Gasteiger partial charge is 0.186 e. The topological polar surface area (TPSA) is 33.2 Å². The minimum absolute atomic E-state index is 0.529. The van der Waals surface area contributed by atoms with Crippen molar-refractivity contribution in [2.75, 3.05) is 11.4 Å². The number of hydrogen-bond donors (Lipinski definition) is 0. The first-order valence-electron chi connectivity index (χ1n) is 8.11. The van der Waals surface area contributed by atoms with E-state index in [2.05, 4.69) is 28.1 Å². The maximum Gasteiger partial charge on any atom is 0.186 e. The maximum absolute atomic E-state index is 11.1. The van der Waals surface area contributed by atoms with Crippen LogP contribution in [0.4, 0.5) is 5.13 Å². The van der Waals surface area contributed by atoms with Crippen molar-refractivity contribution in [2.24, 2.45) is 0 Å². The van der Waals surface area contributed by atoms with Crippen molar-refractivity contribution in [2.45, 2.75) is 19.9 Å². The molecule has 0 spiro atoms. The number of aldehydes is 1. The van der Waals surface area contributed by atoms with Gasteiger partial charge < -0.3 is 4.90 Å². The Hall–Kier alpha value is -2.17. The molecule has 0 aliphatic rings. The Morgan fingerprint density at radius 2 is 1.88 bits per heavy atom. The third kappa shape index (κ3) is 4.68. The number of benzene rings is 2. The molecule has 1 aromatic heterocycles. The van der Waals surface area contributed by atoms with Gasteiger partial charge in [0.2, 0.25) is 0 Å². The van der Waals surface area contributed by atoms with E-state index in [1.54, 1.807) is 11.3 Å². The average Bonchev–Trinajstić information content (AvgIpc) is 3.00. The summed E-state index contributed by atoms with van der Waals surface area (Å²) in [4.78, 5) is 18.8. The molecule has 5 heteroatoms. The van der Waals surface area contributed by atoms with E-state index in [9.17, 15) is 4.79 Å². The van der Waals surface area contributed by atoms with Gasteiger partial charge in [-0.25, -0.2) is 4.98 Å². The number of nitrogens with zero attached hydrogens (tertiary/aromatic N) is 2. The van der Waals surface area contributed by atoms with E-state index >= 15 is 0 Å². The summed E-state index contributed by atoms with van der Waals surface area (Å²) in [7, 11) is 0. The third-order valence-electron chi connectivity index (χ3n) is 3.98. The molecular weight excluding hydrogens is 352 g/mol. The molecule has 0 radical (unpaired) electrons. The van der Waals surface area contributed by atoms with Crippen LogP contribution in [0.1, 0.15) is 26.5 Å². The lowest BCUT2D eigenvalue weighted by Crippen LogP contribution is -2.25. The second-order valence-electron chi connectivity index (χ2n) is 5.84. The number of anilines is 1. The second kappa shape index (κ2) is 8.28. The van der Waals surface area contributed by atoms with E-state index in [1.165, 1.54) is 11.1 Å². The predicted molar refractivity (Wildman–Crippen MR) is 105 cm³/mol. The first-order chi connectivity index (χ1) is 12.2. The van der Waals surface area contributed by atoms with Gasteiger partial charge in [-0.3, -0.25) is 4.79 Å². The lowest BCUT2D eigenvalue weighted by Gasteiger charge is -2.22. The van der Waals surface area contributed by atoms with E-state index in [1.807, 2.05) is 43.3 Å².